The van der Waals surface area contributed by atoms with Crippen molar-refractivity contribution in [2.24, 2.45) is 0 Å². The van der Waals surface area contributed by atoms with Gasteiger partial charge in [-0.05, 0) is 0 Å². The van der Waals surface area contributed by atoms with Crippen molar-refractivity contribution in [2.45, 2.75) is 25.0 Å². The quantitative estimate of drug-likeness (QED) is 0.583. The summed E-state index contributed by atoms with van der Waals surface area (Å²) in [7, 11) is 0. The van der Waals surface area contributed by atoms with E-state index in [1.165, 1.54) is 13.2 Å². The van der Waals surface area contributed by atoms with E-state index in [-0.39, 0.29) is 4.25 Å². The number of hydrogen-bond acceptors (Lipinski definition) is 1. The summed E-state index contributed by atoms with van der Waals surface area (Å²) < 4.78 is 10.8. The SMILES string of the molecule is C[C](C)(C)[Ge]1([c]2ccccc2)[c]2ccccc2Oc2cccc[c]21. The normalized spacial score (nSPS) is 15.1. The molecule has 3 aromatic carbocycles. The molecule has 24 heavy (non-hydrogen) atoms. The Morgan fingerprint density at radius 3 is 1.58 bits per heavy atom. The average Bonchev–Trinajstić information content (AvgIpc) is 2.59. The second-order valence-electron chi connectivity index (χ2n) is 7.46. The summed E-state index contributed by atoms with van der Waals surface area (Å²) in [6, 6.07) is 28.4. The maximum atomic E-state index is 6.30. The van der Waals surface area contributed by atoms with Gasteiger partial charge in [-0.25, -0.2) is 0 Å². The van der Waals surface area contributed by atoms with Gasteiger partial charge in [0.1, 0.15) is 0 Å². The van der Waals surface area contributed by atoms with Crippen LogP contribution in [0.3, 0.4) is 0 Å². The van der Waals surface area contributed by atoms with Crippen molar-refractivity contribution in [2.75, 3.05) is 0 Å². The van der Waals surface area contributed by atoms with Crippen molar-refractivity contribution in [1.82, 2.24) is 0 Å². The monoisotopic (exact) mass is 376 g/mol. The fourth-order valence-electron chi connectivity index (χ4n) is 4.23. The molecule has 120 valence electrons. The van der Waals surface area contributed by atoms with Gasteiger partial charge in [-0.1, -0.05) is 0 Å². The van der Waals surface area contributed by atoms with Crippen LogP contribution in [0.25, 0.3) is 0 Å². The summed E-state index contributed by atoms with van der Waals surface area (Å²) in [6.07, 6.45) is 0. The van der Waals surface area contributed by atoms with Crippen molar-refractivity contribution in [3.63, 3.8) is 0 Å². The minimum absolute atomic E-state index is 0.164. The Labute approximate surface area is 146 Å². The molecule has 0 saturated carbocycles. The Bertz CT molecular complexity index is 832. The van der Waals surface area contributed by atoms with Gasteiger partial charge >= 0.3 is 147 Å². The van der Waals surface area contributed by atoms with Crippen LogP contribution in [-0.2, 0) is 0 Å². The van der Waals surface area contributed by atoms with Gasteiger partial charge in [-0.3, -0.25) is 0 Å². The molecule has 0 unspecified atom stereocenters. The number of hydrogen-bond donors (Lipinski definition) is 0. The molecule has 0 fully saturated rings. The van der Waals surface area contributed by atoms with Crippen molar-refractivity contribution < 1.29 is 4.74 Å². The summed E-state index contributed by atoms with van der Waals surface area (Å²) in [5, 5.41) is 0. The molecule has 0 saturated heterocycles. The van der Waals surface area contributed by atoms with Gasteiger partial charge in [0.25, 0.3) is 0 Å². The Kier molecular flexibility index (Phi) is 3.57. The van der Waals surface area contributed by atoms with E-state index < -0.39 is 13.3 Å². The Morgan fingerprint density at radius 1 is 0.625 bits per heavy atom. The molecule has 0 N–H and O–H groups in total. The summed E-state index contributed by atoms with van der Waals surface area (Å²) in [6.45, 7) is 7.20. The Hall–Kier alpha value is -2.00. The summed E-state index contributed by atoms with van der Waals surface area (Å²) in [5.74, 6) is 2.07. The summed E-state index contributed by atoms with van der Waals surface area (Å²) in [4.78, 5) is 0. The average molecular weight is 375 g/mol. The maximum absolute atomic E-state index is 6.30. The van der Waals surface area contributed by atoms with Gasteiger partial charge in [0, 0.05) is 0 Å². The van der Waals surface area contributed by atoms with E-state index >= 15 is 0 Å². The van der Waals surface area contributed by atoms with E-state index in [0.29, 0.717) is 0 Å². The first-order valence-electron chi connectivity index (χ1n) is 8.47. The third-order valence-corrected chi connectivity index (χ3v) is 17.5. The van der Waals surface area contributed by atoms with Crippen LogP contribution >= 0.6 is 0 Å². The van der Waals surface area contributed by atoms with Gasteiger partial charge in [0.2, 0.25) is 0 Å². The second-order valence-corrected chi connectivity index (χ2v) is 17.2. The molecule has 2 heteroatoms. The van der Waals surface area contributed by atoms with E-state index in [2.05, 4.69) is 99.6 Å². The molecule has 0 atom stereocenters. The molecule has 1 heterocycles. The number of fused-ring (bicyclic) bond motifs is 2. The molecule has 0 aromatic heterocycles. The number of para-hydroxylation sites is 2. The van der Waals surface area contributed by atoms with E-state index in [9.17, 15) is 0 Å². The first-order chi connectivity index (χ1) is 11.5. The molecule has 0 aliphatic carbocycles. The van der Waals surface area contributed by atoms with Crippen molar-refractivity contribution >= 4 is 26.5 Å². The molecule has 0 radical (unpaired) electrons. The molecule has 0 spiro atoms. The molecule has 4 rings (SSSR count). The molecule has 1 nitrogen and oxygen atoms in total. The van der Waals surface area contributed by atoms with Gasteiger partial charge in [0.05, 0.1) is 0 Å². The standard InChI is InChI=1S/C22H22GeO/c1-22(2,3)23(17-11-5-4-6-12-17)18-13-7-9-15-20(18)24-21-16-10-8-14-19(21)23/h4-16H,1-3H3. The van der Waals surface area contributed by atoms with Crippen LogP contribution in [0.2, 0.25) is 4.25 Å². The van der Waals surface area contributed by atoms with Crippen LogP contribution < -0.4 is 17.9 Å². The van der Waals surface area contributed by atoms with Gasteiger partial charge in [-0.2, -0.15) is 0 Å². The zero-order valence-electron chi connectivity index (χ0n) is 14.4. The predicted octanol–water partition coefficient (Wildman–Crippen LogP) is 4.06. The van der Waals surface area contributed by atoms with Crippen LogP contribution in [0.1, 0.15) is 20.8 Å². The Balaban J connectivity index is 2.17. The van der Waals surface area contributed by atoms with Crippen LogP contribution in [-0.4, -0.2) is 13.3 Å². The molecule has 1 aliphatic rings. The number of ether oxygens (including phenoxy) is 1. The first-order valence-corrected chi connectivity index (χ1v) is 12.7. The predicted molar refractivity (Wildman–Crippen MR) is 104 cm³/mol. The van der Waals surface area contributed by atoms with Crippen LogP contribution in [0, 0.1) is 0 Å². The summed E-state index contributed by atoms with van der Waals surface area (Å²) >= 11 is -2.92. The van der Waals surface area contributed by atoms with E-state index in [4.69, 9.17) is 4.74 Å². The van der Waals surface area contributed by atoms with Crippen molar-refractivity contribution in [3.05, 3.63) is 78.9 Å². The van der Waals surface area contributed by atoms with E-state index in [1.54, 1.807) is 0 Å². The topological polar surface area (TPSA) is 9.23 Å². The van der Waals surface area contributed by atoms with Crippen molar-refractivity contribution in [3.8, 4) is 11.5 Å². The molecule has 0 bridgehead atoms. The summed E-state index contributed by atoms with van der Waals surface area (Å²) in [5.41, 5.74) is 0. The zero-order valence-corrected chi connectivity index (χ0v) is 16.5. The third-order valence-electron chi connectivity index (χ3n) is 5.13. The zero-order chi connectivity index (χ0) is 16.8. The first kappa shape index (κ1) is 15.5. The molecule has 0 amide bonds. The number of rotatable bonds is 1. The van der Waals surface area contributed by atoms with Gasteiger partial charge in [-0.15, -0.1) is 0 Å². The molecule has 1 aliphatic heterocycles. The van der Waals surface area contributed by atoms with E-state index in [0.717, 1.165) is 11.5 Å². The minimum atomic E-state index is -2.92. The number of benzene rings is 3. The van der Waals surface area contributed by atoms with Gasteiger partial charge in [0.15, 0.2) is 0 Å². The molecular weight excluding hydrogens is 353 g/mol. The van der Waals surface area contributed by atoms with Crippen LogP contribution in [0.5, 0.6) is 11.5 Å². The fraction of sp³-hybridized carbons (Fsp3) is 0.182. The second kappa shape index (κ2) is 5.52. The molecular formula is C22H22GeO. The Morgan fingerprint density at radius 2 is 1.08 bits per heavy atom. The van der Waals surface area contributed by atoms with Crippen LogP contribution in [0.4, 0.5) is 0 Å². The van der Waals surface area contributed by atoms with Gasteiger partial charge < -0.3 is 0 Å². The van der Waals surface area contributed by atoms with E-state index in [1.807, 2.05) is 0 Å². The third kappa shape index (κ3) is 2.07. The van der Waals surface area contributed by atoms with Crippen LogP contribution in [0.15, 0.2) is 78.9 Å². The molecule has 3 aromatic rings. The van der Waals surface area contributed by atoms with Crippen molar-refractivity contribution in [1.29, 1.82) is 0 Å². The fourth-order valence-corrected chi connectivity index (χ4v) is 16.4.